The van der Waals surface area contributed by atoms with Crippen LogP contribution in [0.15, 0.2) is 36.4 Å². The molecule has 3 heterocycles. The summed E-state index contributed by atoms with van der Waals surface area (Å²) in [5.74, 6) is 0. The molecule has 4 rings (SSSR count). The quantitative estimate of drug-likeness (QED) is 0.788. The average molecular weight is 299 g/mol. The Bertz CT molecular complexity index is 694. The van der Waals surface area contributed by atoms with Gasteiger partial charge >= 0.3 is 6.09 Å². The molecule has 1 fully saturated rings. The molecule has 0 N–H and O–H groups in total. The van der Waals surface area contributed by atoms with Gasteiger partial charge in [0.05, 0.1) is 0 Å². The Hall–Kier alpha value is -1.81. The summed E-state index contributed by atoms with van der Waals surface area (Å²) in [7, 11) is 0. The number of carbonyl (C=O) groups excluding carboxylic acids is 1. The smallest absolute Gasteiger partial charge is 0.411 e. The van der Waals surface area contributed by atoms with Crippen molar-refractivity contribution in [1.82, 2.24) is 4.90 Å². The molecule has 0 radical (unpaired) electrons. The summed E-state index contributed by atoms with van der Waals surface area (Å²) < 4.78 is 5.72. The molecule has 1 aromatic heterocycles. The number of aryl methyl sites for hydroxylation is 1. The van der Waals surface area contributed by atoms with Crippen LogP contribution in [0.25, 0.3) is 0 Å². The summed E-state index contributed by atoms with van der Waals surface area (Å²) in [5.41, 5.74) is 2.34. The van der Waals surface area contributed by atoms with Crippen LogP contribution in [-0.4, -0.2) is 17.0 Å². The highest BCUT2D eigenvalue weighted by Gasteiger charge is 2.49. The molecule has 108 valence electrons. The second kappa shape index (κ2) is 4.60. The lowest BCUT2D eigenvalue weighted by molar-refractivity contribution is 0.128. The summed E-state index contributed by atoms with van der Waals surface area (Å²) in [5, 5.41) is 0. The van der Waals surface area contributed by atoms with Crippen molar-refractivity contribution in [3.63, 3.8) is 0 Å². The topological polar surface area (TPSA) is 29.5 Å². The van der Waals surface area contributed by atoms with Crippen LogP contribution < -0.4 is 0 Å². The molecule has 4 heteroatoms. The van der Waals surface area contributed by atoms with Gasteiger partial charge in [-0.3, -0.25) is 4.90 Å². The molecule has 0 unspecified atom stereocenters. The van der Waals surface area contributed by atoms with E-state index in [4.69, 9.17) is 4.74 Å². The van der Waals surface area contributed by atoms with E-state index in [0.717, 1.165) is 12.0 Å². The summed E-state index contributed by atoms with van der Waals surface area (Å²) in [6, 6.07) is 12.5. The molecule has 2 aliphatic heterocycles. The standard InChI is InChI=1S/C17H17NO2S/c1-10-8-14-13(9-11(2)21-14)15-16(20-17(19)18(10)15)12-6-4-3-5-7-12/h3-7,9-10,15-16H,8H2,1-2H3/t10-,15+,16+/m0/s1. The van der Waals surface area contributed by atoms with Gasteiger partial charge in [0.2, 0.25) is 0 Å². The van der Waals surface area contributed by atoms with E-state index in [1.54, 1.807) is 0 Å². The largest absolute Gasteiger partial charge is 0.439 e. The van der Waals surface area contributed by atoms with Gasteiger partial charge in [0.1, 0.15) is 6.04 Å². The molecular weight excluding hydrogens is 282 g/mol. The summed E-state index contributed by atoms with van der Waals surface area (Å²) in [6.07, 6.45) is 0.547. The van der Waals surface area contributed by atoms with Crippen molar-refractivity contribution in [2.45, 2.75) is 38.5 Å². The highest BCUT2D eigenvalue weighted by molar-refractivity contribution is 7.12. The highest BCUT2D eigenvalue weighted by atomic mass is 32.1. The molecule has 3 atom stereocenters. The van der Waals surface area contributed by atoms with Crippen molar-refractivity contribution in [1.29, 1.82) is 0 Å². The molecule has 0 saturated carbocycles. The number of nitrogens with zero attached hydrogens (tertiary/aromatic N) is 1. The lowest BCUT2D eigenvalue weighted by atomic mass is 9.90. The fourth-order valence-electron chi connectivity index (χ4n) is 3.51. The van der Waals surface area contributed by atoms with Crippen LogP contribution >= 0.6 is 11.3 Å². The van der Waals surface area contributed by atoms with E-state index in [9.17, 15) is 4.79 Å². The molecule has 21 heavy (non-hydrogen) atoms. The SMILES string of the molecule is Cc1cc2c(s1)C[C@H](C)N1C(=O)O[C@H](c3ccccc3)[C@@H]21. The zero-order valence-electron chi connectivity index (χ0n) is 12.1. The normalized spacial score (nSPS) is 27.2. The molecule has 1 amide bonds. The first-order valence-electron chi connectivity index (χ1n) is 7.28. The van der Waals surface area contributed by atoms with Crippen molar-refractivity contribution < 1.29 is 9.53 Å². The fourth-order valence-corrected chi connectivity index (χ4v) is 4.71. The minimum atomic E-state index is -0.200. The van der Waals surface area contributed by atoms with Crippen LogP contribution in [0.2, 0.25) is 0 Å². The van der Waals surface area contributed by atoms with Gasteiger partial charge in [-0.25, -0.2) is 4.79 Å². The number of cyclic esters (lactones) is 1. The van der Waals surface area contributed by atoms with Crippen molar-refractivity contribution in [3.8, 4) is 0 Å². The molecular formula is C17H17NO2S. The van der Waals surface area contributed by atoms with E-state index in [2.05, 4.69) is 19.9 Å². The van der Waals surface area contributed by atoms with Crippen molar-refractivity contribution in [2.75, 3.05) is 0 Å². The minimum Gasteiger partial charge on any atom is -0.439 e. The van der Waals surface area contributed by atoms with Crippen molar-refractivity contribution in [2.24, 2.45) is 0 Å². The third-order valence-corrected chi connectivity index (χ3v) is 5.48. The Morgan fingerprint density at radius 2 is 2.05 bits per heavy atom. The third-order valence-electron chi connectivity index (χ3n) is 4.39. The predicted molar refractivity (Wildman–Crippen MR) is 82.5 cm³/mol. The Kier molecular flexibility index (Phi) is 2.82. The van der Waals surface area contributed by atoms with E-state index in [-0.39, 0.29) is 24.3 Å². The monoisotopic (exact) mass is 299 g/mol. The van der Waals surface area contributed by atoms with Crippen LogP contribution in [0.1, 0.15) is 40.0 Å². The molecule has 1 aromatic carbocycles. The Balaban J connectivity index is 1.84. The third kappa shape index (κ3) is 1.89. The van der Waals surface area contributed by atoms with Crippen LogP contribution in [0.3, 0.4) is 0 Å². The summed E-state index contributed by atoms with van der Waals surface area (Å²) in [6.45, 7) is 4.24. The van der Waals surface area contributed by atoms with Gasteiger partial charge in [-0.15, -0.1) is 11.3 Å². The van der Waals surface area contributed by atoms with Crippen LogP contribution in [0.5, 0.6) is 0 Å². The van der Waals surface area contributed by atoms with Gasteiger partial charge < -0.3 is 4.74 Å². The maximum Gasteiger partial charge on any atom is 0.411 e. The van der Waals surface area contributed by atoms with Crippen molar-refractivity contribution >= 4 is 17.4 Å². The zero-order chi connectivity index (χ0) is 14.6. The van der Waals surface area contributed by atoms with Crippen LogP contribution in [0.4, 0.5) is 4.79 Å². The summed E-state index contributed by atoms with van der Waals surface area (Å²) >= 11 is 1.85. The minimum absolute atomic E-state index is 0.0172. The first kappa shape index (κ1) is 12.9. The number of amides is 1. The second-order valence-corrected chi connectivity index (χ2v) is 7.20. The van der Waals surface area contributed by atoms with Gasteiger partial charge in [0.25, 0.3) is 0 Å². The number of carbonyl (C=O) groups is 1. The average Bonchev–Trinajstić information content (AvgIpc) is 3.00. The predicted octanol–water partition coefficient (Wildman–Crippen LogP) is 4.24. The van der Waals surface area contributed by atoms with E-state index in [0.29, 0.717) is 0 Å². The van der Waals surface area contributed by atoms with Crippen molar-refractivity contribution in [3.05, 3.63) is 57.3 Å². The number of hydrogen-bond donors (Lipinski definition) is 0. The molecule has 0 spiro atoms. The lowest BCUT2D eigenvalue weighted by Crippen LogP contribution is -2.40. The Labute approximate surface area is 128 Å². The molecule has 2 aromatic rings. The van der Waals surface area contributed by atoms with Gasteiger partial charge in [0, 0.05) is 22.2 Å². The van der Waals surface area contributed by atoms with Gasteiger partial charge in [-0.1, -0.05) is 30.3 Å². The van der Waals surface area contributed by atoms with Gasteiger partial charge in [-0.05, 0) is 31.0 Å². The Morgan fingerprint density at radius 3 is 2.81 bits per heavy atom. The van der Waals surface area contributed by atoms with E-state index in [1.807, 2.05) is 46.6 Å². The van der Waals surface area contributed by atoms with Gasteiger partial charge in [-0.2, -0.15) is 0 Å². The molecule has 2 aliphatic rings. The fraction of sp³-hybridized carbons (Fsp3) is 0.353. The van der Waals surface area contributed by atoms with E-state index < -0.39 is 0 Å². The number of rotatable bonds is 1. The Morgan fingerprint density at radius 1 is 1.29 bits per heavy atom. The second-order valence-electron chi connectivity index (χ2n) is 5.86. The molecule has 0 aliphatic carbocycles. The van der Waals surface area contributed by atoms with E-state index >= 15 is 0 Å². The first-order valence-corrected chi connectivity index (χ1v) is 8.10. The number of benzene rings is 1. The maximum atomic E-state index is 12.3. The van der Waals surface area contributed by atoms with Crippen LogP contribution in [-0.2, 0) is 11.2 Å². The first-order chi connectivity index (χ1) is 10.1. The van der Waals surface area contributed by atoms with Crippen LogP contribution in [0, 0.1) is 6.92 Å². The maximum absolute atomic E-state index is 12.3. The highest BCUT2D eigenvalue weighted by Crippen LogP contribution is 2.49. The molecule has 3 nitrogen and oxygen atoms in total. The van der Waals surface area contributed by atoms with Gasteiger partial charge in [0.15, 0.2) is 6.10 Å². The molecule has 0 bridgehead atoms. The zero-order valence-corrected chi connectivity index (χ0v) is 12.9. The summed E-state index contributed by atoms with van der Waals surface area (Å²) in [4.78, 5) is 17.0. The van der Waals surface area contributed by atoms with E-state index in [1.165, 1.54) is 15.3 Å². The number of ether oxygens (including phenoxy) is 1. The number of hydrogen-bond acceptors (Lipinski definition) is 3. The number of thiophene rings is 1. The number of fused-ring (bicyclic) bond motifs is 3. The lowest BCUT2D eigenvalue weighted by Gasteiger charge is -2.34. The molecule has 1 saturated heterocycles.